The van der Waals surface area contributed by atoms with E-state index in [1.807, 2.05) is 0 Å². The average Bonchev–Trinajstić information content (AvgIpc) is 2.63. The van der Waals surface area contributed by atoms with Gasteiger partial charge >= 0.3 is 12.1 Å². The zero-order valence-electron chi connectivity index (χ0n) is 14.2. The van der Waals surface area contributed by atoms with Crippen molar-refractivity contribution >= 4 is 12.1 Å². The molecular formula is C16H28N4O4. The first-order valence-corrected chi connectivity index (χ1v) is 8.99. The number of carbonyl (C=O) groups excluding carboxylic acids is 2. The van der Waals surface area contributed by atoms with Gasteiger partial charge in [-0.25, -0.2) is 9.59 Å². The first-order valence-electron chi connectivity index (χ1n) is 8.99. The summed E-state index contributed by atoms with van der Waals surface area (Å²) in [6.07, 6.45) is 3.76. The number of rotatable bonds is 2. The molecule has 2 heterocycles. The number of hydrogen-bond acceptors (Lipinski definition) is 4. The molecule has 3 aliphatic rings. The third kappa shape index (κ3) is 4.73. The van der Waals surface area contributed by atoms with E-state index in [1.165, 1.54) is 0 Å². The molecule has 0 bridgehead atoms. The van der Waals surface area contributed by atoms with Crippen LogP contribution in [0.25, 0.3) is 0 Å². The van der Waals surface area contributed by atoms with Gasteiger partial charge in [-0.05, 0) is 25.7 Å². The summed E-state index contributed by atoms with van der Waals surface area (Å²) in [5.74, 6) is 0. The Hall–Kier alpha value is -1.54. The van der Waals surface area contributed by atoms with Crippen LogP contribution in [0.15, 0.2) is 0 Å². The van der Waals surface area contributed by atoms with E-state index >= 15 is 0 Å². The standard InChI is InChI=1S/C16H28N4O4/c21-15(19-4-8-23-9-5-19)17-13-2-1-3-14(12-13)18-16(22)20-6-10-24-11-7-20/h13-14H,1-12H2,(H,17,21)(H,18,22). The summed E-state index contributed by atoms with van der Waals surface area (Å²) in [6, 6.07) is 0.236. The SMILES string of the molecule is O=C(NC1CCCC(NC(=O)N2CCOCC2)C1)N1CCOCC1. The number of carbonyl (C=O) groups is 2. The van der Waals surface area contributed by atoms with Crippen molar-refractivity contribution in [2.75, 3.05) is 52.6 Å². The third-order valence-corrected chi connectivity index (χ3v) is 4.93. The normalized spacial score (nSPS) is 28.3. The predicted octanol–water partition coefficient (Wildman–Crippen LogP) is 0.381. The van der Waals surface area contributed by atoms with Gasteiger partial charge in [0.15, 0.2) is 0 Å². The van der Waals surface area contributed by atoms with Gasteiger partial charge in [0, 0.05) is 38.3 Å². The van der Waals surface area contributed by atoms with Crippen molar-refractivity contribution in [2.45, 2.75) is 37.8 Å². The maximum Gasteiger partial charge on any atom is 0.317 e. The number of nitrogens with zero attached hydrogens (tertiary/aromatic N) is 2. The smallest absolute Gasteiger partial charge is 0.317 e. The van der Waals surface area contributed by atoms with Crippen LogP contribution in [-0.4, -0.2) is 86.6 Å². The van der Waals surface area contributed by atoms with E-state index in [4.69, 9.17) is 9.47 Å². The Morgan fingerprint density at radius 1 is 0.750 bits per heavy atom. The van der Waals surface area contributed by atoms with Crippen molar-refractivity contribution in [3.8, 4) is 0 Å². The lowest BCUT2D eigenvalue weighted by Crippen LogP contribution is -2.54. The monoisotopic (exact) mass is 340 g/mol. The fraction of sp³-hybridized carbons (Fsp3) is 0.875. The van der Waals surface area contributed by atoms with Crippen LogP contribution < -0.4 is 10.6 Å². The molecule has 4 amide bonds. The Morgan fingerprint density at radius 2 is 1.17 bits per heavy atom. The molecule has 1 aliphatic carbocycles. The Balaban J connectivity index is 1.43. The Labute approximate surface area is 142 Å². The van der Waals surface area contributed by atoms with Crippen LogP contribution in [-0.2, 0) is 9.47 Å². The first kappa shape index (κ1) is 17.3. The molecule has 3 rings (SSSR count). The second kappa shape index (κ2) is 8.53. The highest BCUT2D eigenvalue weighted by Gasteiger charge is 2.28. The fourth-order valence-corrected chi connectivity index (χ4v) is 3.52. The molecule has 24 heavy (non-hydrogen) atoms. The molecule has 2 N–H and O–H groups in total. The van der Waals surface area contributed by atoms with Crippen molar-refractivity contribution in [3.63, 3.8) is 0 Å². The maximum absolute atomic E-state index is 12.3. The van der Waals surface area contributed by atoms with Gasteiger partial charge in [0.2, 0.25) is 0 Å². The van der Waals surface area contributed by atoms with Crippen LogP contribution in [0.3, 0.4) is 0 Å². The Bertz CT molecular complexity index is 398. The number of amides is 4. The second-order valence-corrected chi connectivity index (χ2v) is 6.66. The number of hydrogen-bond donors (Lipinski definition) is 2. The largest absolute Gasteiger partial charge is 0.378 e. The zero-order chi connectivity index (χ0) is 16.8. The molecule has 136 valence electrons. The highest BCUT2D eigenvalue weighted by Crippen LogP contribution is 2.19. The predicted molar refractivity (Wildman–Crippen MR) is 87.9 cm³/mol. The van der Waals surface area contributed by atoms with E-state index in [9.17, 15) is 9.59 Å². The molecule has 2 saturated heterocycles. The molecule has 8 heteroatoms. The van der Waals surface area contributed by atoms with E-state index in [0.717, 1.165) is 25.7 Å². The van der Waals surface area contributed by atoms with Crippen molar-refractivity contribution in [3.05, 3.63) is 0 Å². The van der Waals surface area contributed by atoms with Gasteiger partial charge in [-0.2, -0.15) is 0 Å². The Kier molecular flexibility index (Phi) is 6.14. The van der Waals surface area contributed by atoms with E-state index in [1.54, 1.807) is 9.80 Å². The highest BCUT2D eigenvalue weighted by molar-refractivity contribution is 5.75. The molecule has 0 aromatic heterocycles. The van der Waals surface area contributed by atoms with Crippen LogP contribution in [0.2, 0.25) is 0 Å². The van der Waals surface area contributed by atoms with Crippen LogP contribution in [0.1, 0.15) is 25.7 Å². The number of nitrogens with one attached hydrogen (secondary N) is 2. The molecule has 2 aliphatic heterocycles. The summed E-state index contributed by atoms with van der Waals surface area (Å²) in [5, 5.41) is 6.24. The van der Waals surface area contributed by atoms with Gasteiger partial charge in [-0.15, -0.1) is 0 Å². The highest BCUT2D eigenvalue weighted by atomic mass is 16.5. The summed E-state index contributed by atoms with van der Waals surface area (Å²) in [4.78, 5) is 28.2. The molecule has 1 saturated carbocycles. The summed E-state index contributed by atoms with van der Waals surface area (Å²) < 4.78 is 10.6. The van der Waals surface area contributed by atoms with Gasteiger partial charge in [0.25, 0.3) is 0 Å². The molecule has 0 radical (unpaired) electrons. The molecule has 0 aromatic rings. The van der Waals surface area contributed by atoms with Crippen molar-refractivity contribution < 1.29 is 19.1 Å². The lowest BCUT2D eigenvalue weighted by molar-refractivity contribution is 0.0507. The molecule has 2 atom stereocenters. The van der Waals surface area contributed by atoms with Gasteiger partial charge < -0.3 is 29.9 Å². The molecular weight excluding hydrogens is 312 g/mol. The molecule has 2 unspecified atom stereocenters. The molecule has 0 aromatic carbocycles. The van der Waals surface area contributed by atoms with Crippen molar-refractivity contribution in [2.24, 2.45) is 0 Å². The summed E-state index contributed by atoms with van der Waals surface area (Å²) in [5.41, 5.74) is 0. The van der Waals surface area contributed by atoms with E-state index in [0.29, 0.717) is 52.6 Å². The average molecular weight is 340 g/mol. The van der Waals surface area contributed by atoms with Gasteiger partial charge in [0.1, 0.15) is 0 Å². The quantitative estimate of drug-likeness (QED) is 0.761. The van der Waals surface area contributed by atoms with Gasteiger partial charge in [0.05, 0.1) is 26.4 Å². The van der Waals surface area contributed by atoms with Crippen LogP contribution in [0.5, 0.6) is 0 Å². The number of morpholine rings is 2. The fourth-order valence-electron chi connectivity index (χ4n) is 3.52. The zero-order valence-corrected chi connectivity index (χ0v) is 14.2. The van der Waals surface area contributed by atoms with Crippen LogP contribution in [0.4, 0.5) is 9.59 Å². The summed E-state index contributed by atoms with van der Waals surface area (Å²) >= 11 is 0. The van der Waals surface area contributed by atoms with E-state index < -0.39 is 0 Å². The van der Waals surface area contributed by atoms with Gasteiger partial charge in [-0.1, -0.05) is 0 Å². The van der Waals surface area contributed by atoms with Crippen LogP contribution >= 0.6 is 0 Å². The number of urea groups is 2. The minimum Gasteiger partial charge on any atom is -0.378 e. The van der Waals surface area contributed by atoms with Gasteiger partial charge in [-0.3, -0.25) is 0 Å². The molecule has 8 nitrogen and oxygen atoms in total. The Morgan fingerprint density at radius 3 is 1.58 bits per heavy atom. The molecule has 0 spiro atoms. The molecule has 3 fully saturated rings. The van der Waals surface area contributed by atoms with Crippen LogP contribution in [0, 0.1) is 0 Å². The van der Waals surface area contributed by atoms with E-state index in [-0.39, 0.29) is 24.1 Å². The topological polar surface area (TPSA) is 83.1 Å². The summed E-state index contributed by atoms with van der Waals surface area (Å²) in [6.45, 7) is 5.02. The number of ether oxygens (including phenoxy) is 2. The second-order valence-electron chi connectivity index (χ2n) is 6.66. The lowest BCUT2D eigenvalue weighted by atomic mass is 9.91. The third-order valence-electron chi connectivity index (χ3n) is 4.93. The summed E-state index contributed by atoms with van der Waals surface area (Å²) in [7, 11) is 0. The maximum atomic E-state index is 12.3. The minimum absolute atomic E-state index is 0.0107. The van der Waals surface area contributed by atoms with E-state index in [2.05, 4.69) is 10.6 Å². The minimum atomic E-state index is -0.0107. The van der Waals surface area contributed by atoms with Crippen molar-refractivity contribution in [1.29, 1.82) is 0 Å². The van der Waals surface area contributed by atoms with Crippen molar-refractivity contribution in [1.82, 2.24) is 20.4 Å². The first-order chi connectivity index (χ1) is 11.7. The lowest BCUT2D eigenvalue weighted by Gasteiger charge is -2.35.